The summed E-state index contributed by atoms with van der Waals surface area (Å²) in [6.07, 6.45) is -11.7. The molecule has 0 aromatic carbocycles. The van der Waals surface area contributed by atoms with Crippen LogP contribution >= 0.6 is 0 Å². The molecular weight excluding hydrogens is 282 g/mol. The van der Waals surface area contributed by atoms with Crippen molar-refractivity contribution in [3.8, 4) is 0 Å². The van der Waals surface area contributed by atoms with E-state index in [9.17, 15) is 26.3 Å². The number of aryl methyl sites for hydroxylation is 1. The van der Waals surface area contributed by atoms with E-state index in [1.165, 1.54) is 12.5 Å². The monoisotopic (exact) mass is 292 g/mol. The first-order chi connectivity index (χ1) is 8.55. The van der Waals surface area contributed by atoms with E-state index in [2.05, 4.69) is 15.4 Å². The quantitative estimate of drug-likeness (QED) is 0.475. The van der Waals surface area contributed by atoms with Crippen LogP contribution in [0.4, 0.5) is 26.3 Å². The Morgan fingerprint density at radius 3 is 2.05 bits per heavy atom. The third kappa shape index (κ3) is 4.02. The molecule has 1 unspecified atom stereocenters. The Morgan fingerprint density at radius 1 is 1.21 bits per heavy atom. The number of tetrazole rings is 1. The highest BCUT2D eigenvalue weighted by atomic mass is 19.4. The number of nitrogens with zero attached hydrogens (tertiary/aromatic N) is 4. The number of hydrogen-bond acceptors (Lipinski definition) is 5. The van der Waals surface area contributed by atoms with Crippen molar-refractivity contribution in [1.82, 2.24) is 25.6 Å². The summed E-state index contributed by atoms with van der Waals surface area (Å²) >= 11 is 0. The summed E-state index contributed by atoms with van der Waals surface area (Å²) in [5.74, 6) is 0.898. The molecule has 1 heterocycles. The Morgan fingerprint density at radius 2 is 1.74 bits per heavy atom. The molecular formula is C7H10F6N6. The average Bonchev–Trinajstić information content (AvgIpc) is 2.58. The van der Waals surface area contributed by atoms with Gasteiger partial charge >= 0.3 is 12.4 Å². The Labute approximate surface area is 102 Å². The molecule has 0 radical (unpaired) electrons. The van der Waals surface area contributed by atoms with Crippen LogP contribution in [0.3, 0.4) is 0 Å². The van der Waals surface area contributed by atoms with Crippen molar-refractivity contribution < 1.29 is 26.3 Å². The summed E-state index contributed by atoms with van der Waals surface area (Å²) in [6, 6.07) is -2.13. The molecule has 0 saturated heterocycles. The van der Waals surface area contributed by atoms with Crippen LogP contribution in [-0.2, 0) is 13.5 Å². The molecule has 0 amide bonds. The molecule has 0 spiro atoms. The van der Waals surface area contributed by atoms with Gasteiger partial charge in [-0.2, -0.15) is 31.1 Å². The summed E-state index contributed by atoms with van der Waals surface area (Å²) in [5.41, 5.74) is 1.52. The van der Waals surface area contributed by atoms with E-state index >= 15 is 0 Å². The summed E-state index contributed by atoms with van der Waals surface area (Å²) in [6.45, 7) is 0. The fraction of sp³-hybridized carbons (Fsp3) is 0.857. The number of nitrogens with one attached hydrogen (secondary N) is 1. The molecule has 6 nitrogen and oxygen atoms in total. The number of alkyl halides is 6. The summed E-state index contributed by atoms with van der Waals surface area (Å²) in [5, 5.41) is 10.1. The normalized spacial score (nSPS) is 15.0. The van der Waals surface area contributed by atoms with E-state index in [0.717, 1.165) is 4.80 Å². The van der Waals surface area contributed by atoms with Crippen LogP contribution in [0, 0.1) is 5.92 Å². The van der Waals surface area contributed by atoms with E-state index in [1.807, 2.05) is 0 Å². The maximum absolute atomic E-state index is 12.5. The fourth-order valence-corrected chi connectivity index (χ4v) is 1.52. The van der Waals surface area contributed by atoms with Gasteiger partial charge in [-0.05, 0) is 5.21 Å². The highest BCUT2D eigenvalue weighted by molar-refractivity contribution is 4.93. The molecule has 1 aromatic rings. The maximum atomic E-state index is 12.5. The first-order valence-electron chi connectivity index (χ1n) is 4.88. The molecule has 1 aromatic heterocycles. The van der Waals surface area contributed by atoms with Gasteiger partial charge in [0.1, 0.15) is 0 Å². The number of rotatable bonds is 4. The lowest BCUT2D eigenvalue weighted by Crippen LogP contribution is -2.54. The van der Waals surface area contributed by atoms with Crippen LogP contribution in [-0.4, -0.2) is 38.6 Å². The maximum Gasteiger partial charge on any atom is 0.402 e. The molecule has 0 aliphatic rings. The third-order valence-electron chi connectivity index (χ3n) is 2.27. The van der Waals surface area contributed by atoms with Crippen molar-refractivity contribution in [2.45, 2.75) is 24.8 Å². The zero-order valence-corrected chi connectivity index (χ0v) is 9.50. The third-order valence-corrected chi connectivity index (χ3v) is 2.27. The molecule has 110 valence electrons. The number of hydrogen-bond donors (Lipinski definition) is 2. The molecule has 1 rings (SSSR count). The second-order valence-corrected chi connectivity index (χ2v) is 3.73. The molecule has 1 atom stereocenters. The highest BCUT2D eigenvalue weighted by Crippen LogP contribution is 2.41. The lowest BCUT2D eigenvalue weighted by molar-refractivity contribution is -0.291. The van der Waals surface area contributed by atoms with E-state index in [-0.39, 0.29) is 5.82 Å². The van der Waals surface area contributed by atoms with E-state index in [1.54, 1.807) is 0 Å². The molecule has 12 heteroatoms. The summed E-state index contributed by atoms with van der Waals surface area (Å²) < 4.78 is 74.9. The van der Waals surface area contributed by atoms with Crippen molar-refractivity contribution in [3.63, 3.8) is 0 Å². The standard InChI is InChI=1S/C7H10F6N6/c1-19-17-4(16-18-19)2-3(15-14)5(6(8,9)10)7(11,12)13/h3,5,15H,2,14H2,1H3. The number of nitrogens with two attached hydrogens (primary N) is 1. The smallest absolute Gasteiger partial charge is 0.271 e. The van der Waals surface area contributed by atoms with Gasteiger partial charge < -0.3 is 0 Å². The van der Waals surface area contributed by atoms with Gasteiger partial charge in [-0.25, -0.2) is 0 Å². The largest absolute Gasteiger partial charge is 0.402 e. The van der Waals surface area contributed by atoms with Crippen LogP contribution < -0.4 is 11.3 Å². The van der Waals surface area contributed by atoms with Gasteiger partial charge in [0, 0.05) is 12.5 Å². The van der Waals surface area contributed by atoms with Crippen LogP contribution in [0.5, 0.6) is 0 Å². The number of hydrazine groups is 1. The van der Waals surface area contributed by atoms with Gasteiger partial charge in [0.25, 0.3) is 0 Å². The average molecular weight is 292 g/mol. The lowest BCUT2D eigenvalue weighted by Gasteiger charge is -2.29. The van der Waals surface area contributed by atoms with Gasteiger partial charge in [0.05, 0.1) is 7.05 Å². The van der Waals surface area contributed by atoms with Crippen LogP contribution in [0.15, 0.2) is 0 Å². The lowest BCUT2D eigenvalue weighted by atomic mass is 9.96. The fourth-order valence-electron chi connectivity index (χ4n) is 1.52. The van der Waals surface area contributed by atoms with E-state index in [4.69, 9.17) is 5.84 Å². The van der Waals surface area contributed by atoms with Crippen LogP contribution in [0.25, 0.3) is 0 Å². The Kier molecular flexibility index (Phi) is 4.35. The zero-order chi connectivity index (χ0) is 14.8. The van der Waals surface area contributed by atoms with Crippen LogP contribution in [0.2, 0.25) is 0 Å². The molecule has 0 bridgehead atoms. The van der Waals surface area contributed by atoms with Crippen LogP contribution in [0.1, 0.15) is 5.82 Å². The molecule has 0 saturated carbocycles. The minimum Gasteiger partial charge on any atom is -0.271 e. The first-order valence-corrected chi connectivity index (χ1v) is 4.88. The second kappa shape index (κ2) is 5.28. The molecule has 0 fully saturated rings. The Bertz CT molecular complexity index is 397. The Balaban J connectivity index is 2.97. The zero-order valence-electron chi connectivity index (χ0n) is 9.50. The van der Waals surface area contributed by atoms with Crippen molar-refractivity contribution in [1.29, 1.82) is 0 Å². The predicted octanol–water partition coefficient (Wildman–Crippen LogP) is 0.325. The minimum atomic E-state index is -5.49. The second-order valence-electron chi connectivity index (χ2n) is 3.73. The van der Waals surface area contributed by atoms with Gasteiger partial charge in [0.15, 0.2) is 11.7 Å². The summed E-state index contributed by atoms with van der Waals surface area (Å²) in [4.78, 5) is 0.916. The Hall–Kier alpha value is -1.43. The van der Waals surface area contributed by atoms with E-state index < -0.39 is 30.7 Å². The van der Waals surface area contributed by atoms with E-state index in [0.29, 0.717) is 0 Å². The highest BCUT2D eigenvalue weighted by Gasteiger charge is 2.60. The van der Waals surface area contributed by atoms with Crippen molar-refractivity contribution in [3.05, 3.63) is 5.82 Å². The topological polar surface area (TPSA) is 81.7 Å². The van der Waals surface area contributed by atoms with Gasteiger partial charge in [0.2, 0.25) is 0 Å². The molecule has 0 aliphatic heterocycles. The number of aromatic nitrogens is 4. The number of halogens is 6. The SMILES string of the molecule is Cn1nnc(CC(NN)C(C(F)(F)F)C(F)(F)F)n1. The van der Waals surface area contributed by atoms with Crippen molar-refractivity contribution in [2.24, 2.45) is 18.8 Å². The minimum absolute atomic E-state index is 0.274. The van der Waals surface area contributed by atoms with Crippen molar-refractivity contribution in [2.75, 3.05) is 0 Å². The van der Waals surface area contributed by atoms with Gasteiger partial charge in [-0.1, -0.05) is 0 Å². The van der Waals surface area contributed by atoms with Crippen molar-refractivity contribution >= 4 is 0 Å². The molecule has 19 heavy (non-hydrogen) atoms. The van der Waals surface area contributed by atoms with Gasteiger partial charge in [-0.3, -0.25) is 11.3 Å². The van der Waals surface area contributed by atoms with Gasteiger partial charge in [-0.15, -0.1) is 10.2 Å². The summed E-state index contributed by atoms with van der Waals surface area (Å²) in [7, 11) is 1.33. The first kappa shape index (κ1) is 15.6. The molecule has 3 N–H and O–H groups in total. The molecule has 0 aliphatic carbocycles. The predicted molar refractivity (Wildman–Crippen MR) is 49.2 cm³/mol.